The van der Waals surface area contributed by atoms with Gasteiger partial charge in [-0.15, -0.1) is 8.78 Å². The van der Waals surface area contributed by atoms with Crippen LogP contribution in [-0.2, 0) is 16.0 Å². The number of ether oxygens (including phenoxy) is 3. The first kappa shape index (κ1) is 11.6. The zero-order chi connectivity index (χ0) is 12.5. The summed E-state index contributed by atoms with van der Waals surface area (Å²) in [7, 11) is 0. The summed E-state index contributed by atoms with van der Waals surface area (Å²) in [4.78, 5) is 11.2. The van der Waals surface area contributed by atoms with Gasteiger partial charge in [-0.05, 0) is 24.6 Å². The summed E-state index contributed by atoms with van der Waals surface area (Å²) in [6.45, 7) is 1.97. The van der Waals surface area contributed by atoms with Gasteiger partial charge >= 0.3 is 12.3 Å². The lowest BCUT2D eigenvalue weighted by atomic mass is 10.1. The summed E-state index contributed by atoms with van der Waals surface area (Å²) >= 11 is 0. The molecule has 0 saturated carbocycles. The highest BCUT2D eigenvalue weighted by molar-refractivity contribution is 5.73. The van der Waals surface area contributed by atoms with Crippen molar-refractivity contribution < 1.29 is 27.8 Å². The van der Waals surface area contributed by atoms with Gasteiger partial charge in [-0.2, -0.15) is 0 Å². The number of hydrogen-bond acceptors (Lipinski definition) is 4. The summed E-state index contributed by atoms with van der Waals surface area (Å²) in [5.74, 6) is -0.530. The second kappa shape index (κ2) is 4.20. The Bertz CT molecular complexity index is 445. The maximum absolute atomic E-state index is 12.7. The Morgan fingerprint density at radius 1 is 1.35 bits per heavy atom. The van der Waals surface area contributed by atoms with Crippen molar-refractivity contribution in [2.24, 2.45) is 0 Å². The molecule has 0 bridgehead atoms. The van der Waals surface area contributed by atoms with Crippen LogP contribution in [0, 0.1) is 0 Å². The molecule has 0 fully saturated rings. The molecule has 2 rings (SSSR count). The molecule has 17 heavy (non-hydrogen) atoms. The van der Waals surface area contributed by atoms with E-state index in [2.05, 4.69) is 9.47 Å². The molecule has 0 saturated heterocycles. The predicted molar refractivity (Wildman–Crippen MR) is 53.0 cm³/mol. The van der Waals surface area contributed by atoms with Crippen LogP contribution < -0.4 is 9.47 Å². The van der Waals surface area contributed by atoms with Gasteiger partial charge in [0.15, 0.2) is 11.5 Å². The molecule has 1 heterocycles. The fourth-order valence-corrected chi connectivity index (χ4v) is 1.48. The van der Waals surface area contributed by atoms with Crippen molar-refractivity contribution in [1.82, 2.24) is 0 Å². The zero-order valence-corrected chi connectivity index (χ0v) is 9.04. The third-order valence-corrected chi connectivity index (χ3v) is 2.12. The van der Waals surface area contributed by atoms with E-state index in [1.54, 1.807) is 6.92 Å². The van der Waals surface area contributed by atoms with E-state index in [0.29, 0.717) is 5.56 Å². The fourth-order valence-electron chi connectivity index (χ4n) is 1.48. The Hall–Kier alpha value is -1.85. The largest absolute Gasteiger partial charge is 0.586 e. The van der Waals surface area contributed by atoms with Gasteiger partial charge in [-0.1, -0.05) is 6.07 Å². The summed E-state index contributed by atoms with van der Waals surface area (Å²) < 4.78 is 38.7. The average Bonchev–Trinajstić information content (AvgIpc) is 2.51. The van der Waals surface area contributed by atoms with Gasteiger partial charge in [0, 0.05) is 0 Å². The van der Waals surface area contributed by atoms with E-state index in [9.17, 15) is 13.6 Å². The smallest absolute Gasteiger partial charge is 0.466 e. The molecule has 0 aliphatic carbocycles. The number of rotatable bonds is 3. The Morgan fingerprint density at radius 3 is 2.76 bits per heavy atom. The minimum atomic E-state index is -3.63. The number of carbonyl (C=O) groups excluding carboxylic acids is 1. The van der Waals surface area contributed by atoms with Crippen LogP contribution in [0.1, 0.15) is 12.5 Å². The number of fused-ring (bicyclic) bond motifs is 1. The van der Waals surface area contributed by atoms with Crippen LogP contribution >= 0.6 is 0 Å². The van der Waals surface area contributed by atoms with Crippen molar-refractivity contribution in [2.75, 3.05) is 6.61 Å². The van der Waals surface area contributed by atoms with Gasteiger partial charge < -0.3 is 14.2 Å². The van der Waals surface area contributed by atoms with Crippen molar-refractivity contribution in [1.29, 1.82) is 0 Å². The van der Waals surface area contributed by atoms with Crippen LogP contribution in [0.4, 0.5) is 8.78 Å². The predicted octanol–water partition coefficient (Wildman–Crippen LogP) is 2.11. The second-order valence-electron chi connectivity index (χ2n) is 3.43. The fraction of sp³-hybridized carbons (Fsp3) is 0.364. The van der Waals surface area contributed by atoms with Crippen molar-refractivity contribution in [3.8, 4) is 11.5 Å². The van der Waals surface area contributed by atoms with E-state index < -0.39 is 12.3 Å². The highest BCUT2D eigenvalue weighted by Crippen LogP contribution is 2.41. The summed E-state index contributed by atoms with van der Waals surface area (Å²) in [5.41, 5.74) is 0.531. The van der Waals surface area contributed by atoms with Crippen molar-refractivity contribution in [3.63, 3.8) is 0 Å². The lowest BCUT2D eigenvalue weighted by Crippen LogP contribution is -2.25. The molecular weight excluding hydrogens is 234 g/mol. The summed E-state index contributed by atoms with van der Waals surface area (Å²) in [5, 5.41) is 0. The van der Waals surface area contributed by atoms with Crippen molar-refractivity contribution >= 4 is 5.97 Å². The van der Waals surface area contributed by atoms with Crippen LogP contribution in [0.3, 0.4) is 0 Å². The Morgan fingerprint density at radius 2 is 2.06 bits per heavy atom. The molecule has 0 N–H and O–H groups in total. The SMILES string of the molecule is CCOC(=O)Cc1ccc2c(c1)OC(F)(F)O2. The molecule has 0 radical (unpaired) electrons. The lowest BCUT2D eigenvalue weighted by molar-refractivity contribution is -0.286. The second-order valence-corrected chi connectivity index (χ2v) is 3.43. The van der Waals surface area contributed by atoms with E-state index in [4.69, 9.17) is 4.74 Å². The van der Waals surface area contributed by atoms with Gasteiger partial charge in [0.25, 0.3) is 0 Å². The zero-order valence-electron chi connectivity index (χ0n) is 9.04. The van der Waals surface area contributed by atoms with Crippen LogP contribution in [0.15, 0.2) is 18.2 Å². The van der Waals surface area contributed by atoms with Gasteiger partial charge in [0.05, 0.1) is 13.0 Å². The third kappa shape index (κ3) is 2.64. The maximum atomic E-state index is 12.7. The van der Waals surface area contributed by atoms with Gasteiger partial charge in [0.2, 0.25) is 0 Å². The minimum Gasteiger partial charge on any atom is -0.466 e. The number of alkyl halides is 2. The monoisotopic (exact) mass is 244 g/mol. The number of esters is 1. The third-order valence-electron chi connectivity index (χ3n) is 2.12. The number of carbonyl (C=O) groups is 1. The molecule has 1 aromatic carbocycles. The van der Waals surface area contributed by atoms with E-state index >= 15 is 0 Å². The molecule has 0 atom stereocenters. The van der Waals surface area contributed by atoms with E-state index in [0.717, 1.165) is 0 Å². The van der Waals surface area contributed by atoms with E-state index in [1.165, 1.54) is 18.2 Å². The molecule has 1 aliphatic rings. The van der Waals surface area contributed by atoms with Crippen LogP contribution in [-0.4, -0.2) is 18.9 Å². The highest BCUT2D eigenvalue weighted by Gasteiger charge is 2.43. The van der Waals surface area contributed by atoms with Gasteiger partial charge in [-0.3, -0.25) is 4.79 Å². The molecule has 6 heteroatoms. The first-order valence-electron chi connectivity index (χ1n) is 5.04. The first-order valence-corrected chi connectivity index (χ1v) is 5.04. The Balaban J connectivity index is 2.11. The van der Waals surface area contributed by atoms with Crippen molar-refractivity contribution in [2.45, 2.75) is 19.6 Å². The maximum Gasteiger partial charge on any atom is 0.586 e. The Labute approximate surface area is 96.1 Å². The van der Waals surface area contributed by atoms with Crippen molar-refractivity contribution in [3.05, 3.63) is 23.8 Å². The van der Waals surface area contributed by atoms with E-state index in [-0.39, 0.29) is 24.5 Å². The lowest BCUT2D eigenvalue weighted by Gasteiger charge is -2.04. The topological polar surface area (TPSA) is 44.8 Å². The average molecular weight is 244 g/mol. The molecule has 1 aliphatic heterocycles. The molecule has 0 spiro atoms. The first-order chi connectivity index (χ1) is 8.00. The van der Waals surface area contributed by atoms with E-state index in [1.807, 2.05) is 0 Å². The molecule has 0 amide bonds. The Kier molecular flexibility index (Phi) is 2.87. The number of benzene rings is 1. The quantitative estimate of drug-likeness (QED) is 0.764. The number of halogens is 2. The molecule has 92 valence electrons. The minimum absolute atomic E-state index is 0.00997. The number of hydrogen-bond donors (Lipinski definition) is 0. The summed E-state index contributed by atoms with van der Waals surface area (Å²) in [6.07, 6.45) is -3.62. The van der Waals surface area contributed by atoms with Crippen LogP contribution in [0.25, 0.3) is 0 Å². The molecular formula is C11H10F2O4. The molecule has 4 nitrogen and oxygen atoms in total. The van der Waals surface area contributed by atoms with Gasteiger partial charge in [0.1, 0.15) is 0 Å². The standard InChI is InChI=1S/C11H10F2O4/c1-2-15-10(14)6-7-3-4-8-9(5-7)17-11(12,13)16-8/h3-5H,2,6H2,1H3. The van der Waals surface area contributed by atoms with Gasteiger partial charge in [-0.25, -0.2) is 0 Å². The van der Waals surface area contributed by atoms with Crippen LogP contribution in [0.2, 0.25) is 0 Å². The van der Waals surface area contributed by atoms with Crippen LogP contribution in [0.5, 0.6) is 11.5 Å². The molecule has 0 aromatic heterocycles. The normalized spacial score (nSPS) is 15.7. The highest BCUT2D eigenvalue weighted by atomic mass is 19.3. The molecule has 0 unspecified atom stereocenters. The summed E-state index contributed by atoms with van der Waals surface area (Å²) in [6, 6.07) is 4.19. The molecule has 1 aromatic rings.